The summed E-state index contributed by atoms with van der Waals surface area (Å²) in [6, 6.07) is 3.92. The second kappa shape index (κ2) is 10.2. The molecule has 0 radical (unpaired) electrons. The lowest BCUT2D eigenvalue weighted by molar-refractivity contribution is -0.0359. The van der Waals surface area contributed by atoms with E-state index in [1.54, 1.807) is 0 Å². The zero-order chi connectivity index (χ0) is 24.3. The number of anilines is 1. The molecule has 0 unspecified atom stereocenters. The number of benzene rings is 1. The number of amidine groups is 1. The highest BCUT2D eigenvalue weighted by Gasteiger charge is 2.56. The van der Waals surface area contributed by atoms with Crippen LogP contribution in [-0.4, -0.2) is 67.8 Å². The number of alkyl halides is 2. The molecule has 2 aromatic rings. The fourth-order valence-electron chi connectivity index (χ4n) is 3.93. The standard InChI is InChI=1S/C20H21BF3N5O4S/c1-31-15-7-25-14(6-26-15)18(30)27-10-3-4-13(22)11(5-10)20-9-33-16(17(23)24)12(20)8-34-19(28-20)29-21-32-2/h3-7,12,16-17,21H,8-9H2,1-2H3,(H,27,30)(H,28,29)/t12-,16+,20-/m1/s1. The van der Waals surface area contributed by atoms with Crippen LogP contribution < -0.4 is 15.3 Å². The molecule has 1 fully saturated rings. The molecule has 2 aliphatic rings. The minimum absolute atomic E-state index is 0.0165. The van der Waals surface area contributed by atoms with Crippen LogP contribution in [0.4, 0.5) is 18.9 Å². The van der Waals surface area contributed by atoms with Crippen molar-refractivity contribution in [2.75, 3.05) is 31.9 Å². The number of hydrogen-bond acceptors (Lipinski definition) is 9. The summed E-state index contributed by atoms with van der Waals surface area (Å²) in [5.41, 5.74) is -1.08. The van der Waals surface area contributed by atoms with Gasteiger partial charge in [0, 0.05) is 30.0 Å². The summed E-state index contributed by atoms with van der Waals surface area (Å²) in [5, 5.41) is 6.01. The van der Waals surface area contributed by atoms with Crippen molar-refractivity contribution < 1.29 is 32.1 Å². The summed E-state index contributed by atoms with van der Waals surface area (Å²) in [5.74, 6) is -1.53. The first kappa shape index (κ1) is 24.3. The summed E-state index contributed by atoms with van der Waals surface area (Å²) >= 11 is 1.24. The van der Waals surface area contributed by atoms with E-state index in [0.717, 1.165) is 6.07 Å². The van der Waals surface area contributed by atoms with Gasteiger partial charge in [-0.2, -0.15) is 0 Å². The number of nitrogens with zero attached hydrogens (tertiary/aromatic N) is 3. The minimum Gasteiger partial charge on any atom is -0.480 e. The third kappa shape index (κ3) is 4.70. The Hall–Kier alpha value is -2.84. The van der Waals surface area contributed by atoms with E-state index in [2.05, 4.69) is 25.5 Å². The number of fused-ring (bicyclic) bond motifs is 1. The van der Waals surface area contributed by atoms with E-state index in [-0.39, 0.29) is 42.8 Å². The van der Waals surface area contributed by atoms with Crippen LogP contribution >= 0.6 is 11.8 Å². The van der Waals surface area contributed by atoms with Crippen molar-refractivity contribution in [2.24, 2.45) is 10.9 Å². The van der Waals surface area contributed by atoms with Crippen LogP contribution in [0.5, 0.6) is 5.88 Å². The Kier molecular flexibility index (Phi) is 7.29. The number of carbonyl (C=O) groups excluding carboxylic acids is 1. The molecule has 9 nitrogen and oxygen atoms in total. The molecule has 1 aromatic carbocycles. The number of ether oxygens (including phenoxy) is 2. The maximum absolute atomic E-state index is 15.1. The van der Waals surface area contributed by atoms with Gasteiger partial charge in [0.2, 0.25) is 5.88 Å². The smallest absolute Gasteiger partial charge is 0.395 e. The molecule has 1 aromatic heterocycles. The SMILES string of the molecule is COBNC1=N[C@@]2(c3cc(NC(=O)c4cnc(OC)cn4)ccc3F)CO[C@H](C(F)F)[C@H]2CS1. The highest BCUT2D eigenvalue weighted by molar-refractivity contribution is 8.14. The zero-order valence-corrected chi connectivity index (χ0v) is 19.1. The molecule has 0 aliphatic carbocycles. The molecule has 3 heterocycles. The van der Waals surface area contributed by atoms with Gasteiger partial charge < -0.3 is 24.7 Å². The van der Waals surface area contributed by atoms with Crippen LogP contribution in [0.1, 0.15) is 16.1 Å². The second-order valence-electron chi connectivity index (χ2n) is 7.57. The summed E-state index contributed by atoms with van der Waals surface area (Å²) < 4.78 is 57.9. The molecule has 0 saturated carbocycles. The number of nitrogens with one attached hydrogen (secondary N) is 2. The predicted octanol–water partition coefficient (Wildman–Crippen LogP) is 1.96. The van der Waals surface area contributed by atoms with Crippen molar-refractivity contribution in [3.05, 3.63) is 47.7 Å². The highest BCUT2D eigenvalue weighted by Crippen LogP contribution is 2.50. The van der Waals surface area contributed by atoms with Gasteiger partial charge in [0.1, 0.15) is 28.3 Å². The van der Waals surface area contributed by atoms with Crippen LogP contribution in [0.25, 0.3) is 0 Å². The lowest BCUT2D eigenvalue weighted by Crippen LogP contribution is -2.45. The van der Waals surface area contributed by atoms with E-state index in [1.807, 2.05) is 0 Å². The fraction of sp³-hybridized carbons (Fsp3) is 0.400. The monoisotopic (exact) mass is 495 g/mol. The second-order valence-corrected chi connectivity index (χ2v) is 8.58. The number of carbonyl (C=O) groups is 1. The first-order chi connectivity index (χ1) is 16.4. The van der Waals surface area contributed by atoms with Gasteiger partial charge in [-0.1, -0.05) is 11.8 Å². The van der Waals surface area contributed by atoms with E-state index in [1.165, 1.54) is 50.5 Å². The lowest BCUT2D eigenvalue weighted by atomic mass is 9.78. The normalized spacial score (nSPS) is 23.8. The van der Waals surface area contributed by atoms with E-state index < -0.39 is 35.7 Å². The van der Waals surface area contributed by atoms with Gasteiger partial charge in [-0.3, -0.25) is 4.79 Å². The molecule has 0 spiro atoms. The number of halogens is 3. The Morgan fingerprint density at radius 1 is 1.32 bits per heavy atom. The van der Waals surface area contributed by atoms with Gasteiger partial charge in [0.25, 0.3) is 12.3 Å². The average Bonchev–Trinajstić information content (AvgIpc) is 3.24. The molecule has 14 heteroatoms. The van der Waals surface area contributed by atoms with E-state index in [9.17, 15) is 13.6 Å². The molecule has 4 rings (SSSR count). The molecule has 2 aliphatic heterocycles. The van der Waals surface area contributed by atoms with Crippen molar-refractivity contribution in [2.45, 2.75) is 18.1 Å². The first-order valence-electron chi connectivity index (χ1n) is 10.2. The van der Waals surface area contributed by atoms with Gasteiger partial charge in [-0.05, 0) is 18.2 Å². The molecule has 34 heavy (non-hydrogen) atoms. The number of hydrogen-bond donors (Lipinski definition) is 2. The largest absolute Gasteiger partial charge is 0.480 e. The Labute approximate surface area is 198 Å². The van der Waals surface area contributed by atoms with Crippen molar-refractivity contribution in [1.29, 1.82) is 0 Å². The number of thioether (sulfide) groups is 1. The van der Waals surface area contributed by atoms with Gasteiger partial charge in [-0.25, -0.2) is 28.1 Å². The highest BCUT2D eigenvalue weighted by atomic mass is 32.2. The first-order valence-corrected chi connectivity index (χ1v) is 11.2. The van der Waals surface area contributed by atoms with Crippen LogP contribution in [-0.2, 0) is 14.9 Å². The van der Waals surface area contributed by atoms with Crippen molar-refractivity contribution >= 4 is 36.1 Å². The summed E-state index contributed by atoms with van der Waals surface area (Å²) in [7, 11) is 3.06. The van der Waals surface area contributed by atoms with Crippen molar-refractivity contribution in [3.63, 3.8) is 0 Å². The van der Waals surface area contributed by atoms with Gasteiger partial charge in [-0.15, -0.1) is 0 Å². The molecule has 1 amide bonds. The Morgan fingerprint density at radius 2 is 2.15 bits per heavy atom. The molecule has 3 atom stereocenters. The van der Waals surface area contributed by atoms with E-state index >= 15 is 4.39 Å². The number of aromatic nitrogens is 2. The van der Waals surface area contributed by atoms with Crippen LogP contribution in [0.3, 0.4) is 0 Å². The number of aliphatic imine (C=N–C) groups is 1. The third-order valence-corrected chi connectivity index (χ3v) is 6.62. The van der Waals surface area contributed by atoms with Crippen LogP contribution in [0.15, 0.2) is 35.6 Å². The Balaban J connectivity index is 1.68. The molecular formula is C20H21BF3N5O4S. The number of methoxy groups -OCH3 is 1. The van der Waals surface area contributed by atoms with Crippen molar-refractivity contribution in [1.82, 2.24) is 15.2 Å². The maximum atomic E-state index is 15.1. The van der Waals surface area contributed by atoms with Gasteiger partial charge in [0.05, 0.1) is 26.1 Å². The molecule has 2 N–H and O–H groups in total. The predicted molar refractivity (Wildman–Crippen MR) is 121 cm³/mol. The fourth-order valence-corrected chi connectivity index (χ4v) is 5.12. The quantitative estimate of drug-likeness (QED) is 0.562. The van der Waals surface area contributed by atoms with Crippen LogP contribution in [0.2, 0.25) is 0 Å². The molecule has 180 valence electrons. The van der Waals surface area contributed by atoms with Gasteiger partial charge >= 0.3 is 7.62 Å². The average molecular weight is 495 g/mol. The summed E-state index contributed by atoms with van der Waals surface area (Å²) in [6.45, 7) is -0.232. The maximum Gasteiger partial charge on any atom is 0.395 e. The summed E-state index contributed by atoms with van der Waals surface area (Å²) in [6.07, 6.45) is -1.62. The molecule has 1 saturated heterocycles. The lowest BCUT2D eigenvalue weighted by Gasteiger charge is -2.36. The topological polar surface area (TPSA) is 107 Å². The number of amides is 1. The Morgan fingerprint density at radius 3 is 2.82 bits per heavy atom. The van der Waals surface area contributed by atoms with E-state index in [0.29, 0.717) is 5.17 Å². The third-order valence-electron chi connectivity index (χ3n) is 5.58. The zero-order valence-electron chi connectivity index (χ0n) is 18.3. The Bertz CT molecular complexity index is 1080. The van der Waals surface area contributed by atoms with E-state index in [4.69, 9.17) is 14.1 Å². The van der Waals surface area contributed by atoms with Gasteiger partial charge in [0.15, 0.2) is 0 Å². The molecular weight excluding hydrogens is 474 g/mol. The van der Waals surface area contributed by atoms with Crippen LogP contribution in [0, 0.1) is 11.7 Å². The minimum atomic E-state index is -2.75. The summed E-state index contributed by atoms with van der Waals surface area (Å²) in [4.78, 5) is 25.1. The molecule has 0 bridgehead atoms. The van der Waals surface area contributed by atoms with Crippen molar-refractivity contribution in [3.8, 4) is 5.88 Å². The number of rotatable bonds is 7.